The highest BCUT2D eigenvalue weighted by Crippen LogP contribution is 2.29. The Labute approximate surface area is 135 Å². The molecule has 0 unspecified atom stereocenters. The Hall–Kier alpha value is -2.52. The van der Waals surface area contributed by atoms with E-state index in [1.165, 1.54) is 12.1 Å². The second-order valence-corrected chi connectivity index (χ2v) is 5.23. The molecule has 124 valence electrons. The molecule has 2 aromatic carbocycles. The summed E-state index contributed by atoms with van der Waals surface area (Å²) in [7, 11) is -1.03. The van der Waals surface area contributed by atoms with Crippen molar-refractivity contribution in [2.24, 2.45) is 0 Å². The lowest BCUT2D eigenvalue weighted by Crippen LogP contribution is -2.29. The number of hydrogen-bond acceptors (Lipinski definition) is 3. The average molecular weight is 336 g/mol. The third kappa shape index (κ3) is 3.52. The van der Waals surface area contributed by atoms with Crippen molar-refractivity contribution in [1.29, 1.82) is 0 Å². The minimum absolute atomic E-state index is 0.227. The van der Waals surface area contributed by atoms with E-state index in [9.17, 15) is 23.0 Å². The van der Waals surface area contributed by atoms with Crippen molar-refractivity contribution in [3.8, 4) is 0 Å². The van der Waals surface area contributed by atoms with Gasteiger partial charge in [0, 0.05) is 11.4 Å². The van der Waals surface area contributed by atoms with Crippen molar-refractivity contribution >= 4 is 30.0 Å². The van der Waals surface area contributed by atoms with Crippen LogP contribution in [0.5, 0.6) is 0 Å². The second kappa shape index (κ2) is 6.18. The zero-order chi connectivity index (χ0) is 17.3. The monoisotopic (exact) mass is 336 g/mol. The molecular formula is C15H12BF3N2O3. The van der Waals surface area contributed by atoms with Crippen LogP contribution < -0.4 is 16.1 Å². The largest absolute Gasteiger partial charge is 0.491 e. The first-order valence-electron chi connectivity index (χ1n) is 7.01. The molecule has 0 radical (unpaired) electrons. The molecule has 0 saturated heterocycles. The zero-order valence-corrected chi connectivity index (χ0v) is 12.2. The Morgan fingerprint density at radius 2 is 1.71 bits per heavy atom. The fraction of sp³-hybridized carbons (Fsp3) is 0.133. The van der Waals surface area contributed by atoms with Crippen LogP contribution in [0.3, 0.4) is 0 Å². The van der Waals surface area contributed by atoms with Gasteiger partial charge in [-0.1, -0.05) is 6.07 Å². The summed E-state index contributed by atoms with van der Waals surface area (Å²) < 4.78 is 42.5. The van der Waals surface area contributed by atoms with Crippen molar-refractivity contribution in [1.82, 2.24) is 0 Å². The lowest BCUT2D eigenvalue weighted by molar-refractivity contribution is -0.137. The lowest BCUT2D eigenvalue weighted by atomic mass is 9.79. The number of anilines is 2. The van der Waals surface area contributed by atoms with Crippen LogP contribution >= 0.6 is 0 Å². The SMILES string of the molecule is O=C(Nc1ccc(C(F)(F)F)cc1)Nc1ccc2c(c1)B(O)OC2. The molecule has 2 aromatic rings. The molecule has 1 aliphatic heterocycles. The Balaban J connectivity index is 1.65. The predicted molar refractivity (Wildman–Crippen MR) is 82.9 cm³/mol. The number of nitrogens with one attached hydrogen (secondary N) is 2. The topological polar surface area (TPSA) is 70.6 Å². The van der Waals surface area contributed by atoms with Gasteiger partial charge in [0.15, 0.2) is 0 Å². The number of rotatable bonds is 2. The number of carbonyl (C=O) groups excluding carboxylic acids is 1. The molecule has 3 rings (SSSR count). The number of alkyl halides is 3. The molecule has 0 fully saturated rings. The maximum atomic E-state index is 12.5. The summed E-state index contributed by atoms with van der Waals surface area (Å²) in [5.74, 6) is 0. The number of benzene rings is 2. The van der Waals surface area contributed by atoms with Crippen molar-refractivity contribution in [2.75, 3.05) is 10.6 Å². The number of urea groups is 1. The van der Waals surface area contributed by atoms with Gasteiger partial charge in [-0.15, -0.1) is 0 Å². The van der Waals surface area contributed by atoms with Crippen LogP contribution in [0.1, 0.15) is 11.1 Å². The molecule has 0 atom stereocenters. The quantitative estimate of drug-likeness (QED) is 0.739. The van der Waals surface area contributed by atoms with E-state index in [-0.39, 0.29) is 5.69 Å². The highest BCUT2D eigenvalue weighted by atomic mass is 19.4. The van der Waals surface area contributed by atoms with Gasteiger partial charge in [0.05, 0.1) is 12.2 Å². The maximum absolute atomic E-state index is 12.5. The van der Waals surface area contributed by atoms with Crippen molar-refractivity contribution in [2.45, 2.75) is 12.8 Å². The Kier molecular flexibility index (Phi) is 4.21. The fourth-order valence-electron chi connectivity index (χ4n) is 2.33. The molecule has 9 heteroatoms. The summed E-state index contributed by atoms with van der Waals surface area (Å²) in [6.45, 7) is 0.300. The van der Waals surface area contributed by atoms with Gasteiger partial charge in [-0.05, 0) is 47.4 Å². The lowest BCUT2D eigenvalue weighted by Gasteiger charge is -2.10. The summed E-state index contributed by atoms with van der Waals surface area (Å²) in [4.78, 5) is 11.9. The van der Waals surface area contributed by atoms with E-state index in [4.69, 9.17) is 4.65 Å². The third-order valence-electron chi connectivity index (χ3n) is 3.54. The minimum Gasteiger partial charge on any atom is -0.423 e. The molecule has 0 spiro atoms. The zero-order valence-electron chi connectivity index (χ0n) is 12.2. The Morgan fingerprint density at radius 1 is 1.08 bits per heavy atom. The highest BCUT2D eigenvalue weighted by Gasteiger charge is 2.30. The van der Waals surface area contributed by atoms with E-state index in [2.05, 4.69) is 10.6 Å². The van der Waals surface area contributed by atoms with Crippen LogP contribution in [0.25, 0.3) is 0 Å². The van der Waals surface area contributed by atoms with Crippen LogP contribution in [0.4, 0.5) is 29.3 Å². The summed E-state index contributed by atoms with van der Waals surface area (Å²) >= 11 is 0. The van der Waals surface area contributed by atoms with Gasteiger partial charge in [-0.25, -0.2) is 4.79 Å². The summed E-state index contributed by atoms with van der Waals surface area (Å²) in [6.07, 6.45) is -4.42. The molecule has 1 heterocycles. The molecule has 0 saturated carbocycles. The van der Waals surface area contributed by atoms with E-state index >= 15 is 0 Å². The van der Waals surface area contributed by atoms with Crippen LogP contribution in [0.2, 0.25) is 0 Å². The van der Waals surface area contributed by atoms with Crippen molar-refractivity contribution in [3.05, 3.63) is 53.6 Å². The third-order valence-corrected chi connectivity index (χ3v) is 3.54. The number of halogens is 3. The molecule has 5 nitrogen and oxygen atoms in total. The molecule has 0 bridgehead atoms. The summed E-state index contributed by atoms with van der Waals surface area (Å²) in [6, 6.07) is 8.46. The smallest absolute Gasteiger partial charge is 0.423 e. The molecule has 24 heavy (non-hydrogen) atoms. The second-order valence-electron chi connectivity index (χ2n) is 5.23. The number of hydrogen-bond donors (Lipinski definition) is 3. The van der Waals surface area contributed by atoms with Gasteiger partial charge in [0.1, 0.15) is 0 Å². The number of carbonyl (C=O) groups is 1. The van der Waals surface area contributed by atoms with E-state index in [0.717, 1.165) is 17.7 Å². The first kappa shape index (κ1) is 16.3. The first-order chi connectivity index (χ1) is 11.3. The van der Waals surface area contributed by atoms with E-state index in [1.807, 2.05) is 0 Å². The fourth-order valence-corrected chi connectivity index (χ4v) is 2.33. The average Bonchev–Trinajstić information content (AvgIpc) is 2.88. The van der Waals surface area contributed by atoms with Crippen LogP contribution in [-0.2, 0) is 17.4 Å². The predicted octanol–water partition coefficient (Wildman–Crippen LogP) is 2.57. The Morgan fingerprint density at radius 3 is 2.38 bits per heavy atom. The van der Waals surface area contributed by atoms with Gasteiger partial charge in [-0.3, -0.25) is 0 Å². The van der Waals surface area contributed by atoms with Gasteiger partial charge in [0.25, 0.3) is 0 Å². The van der Waals surface area contributed by atoms with Crippen molar-refractivity contribution < 1.29 is 27.6 Å². The standard InChI is InChI=1S/C15H12BF3N2O3/c17-15(18,19)10-2-5-11(6-3-10)20-14(22)21-12-4-1-9-8-24-16(23)13(9)7-12/h1-7,23H,8H2,(H2,20,21,22). The minimum atomic E-state index is -4.42. The molecule has 1 aliphatic rings. The highest BCUT2D eigenvalue weighted by molar-refractivity contribution is 6.61. The summed E-state index contributed by atoms with van der Waals surface area (Å²) in [5, 5.41) is 14.6. The number of amides is 2. The molecule has 0 aromatic heterocycles. The van der Waals surface area contributed by atoms with Gasteiger partial charge in [-0.2, -0.15) is 13.2 Å². The van der Waals surface area contributed by atoms with Gasteiger partial charge in [0.2, 0.25) is 0 Å². The molecule has 3 N–H and O–H groups in total. The van der Waals surface area contributed by atoms with E-state index in [0.29, 0.717) is 17.8 Å². The first-order valence-corrected chi connectivity index (χ1v) is 7.01. The Bertz CT molecular complexity index is 766. The van der Waals surface area contributed by atoms with Crippen LogP contribution in [0, 0.1) is 0 Å². The van der Waals surface area contributed by atoms with Crippen LogP contribution in [-0.4, -0.2) is 18.2 Å². The van der Waals surface area contributed by atoms with Gasteiger partial charge >= 0.3 is 19.3 Å². The molecule has 0 aliphatic carbocycles. The maximum Gasteiger partial charge on any atom is 0.491 e. The number of fused-ring (bicyclic) bond motifs is 1. The molecular weight excluding hydrogens is 324 g/mol. The van der Waals surface area contributed by atoms with Crippen molar-refractivity contribution in [3.63, 3.8) is 0 Å². The normalized spacial score (nSPS) is 13.6. The van der Waals surface area contributed by atoms with E-state index < -0.39 is 24.9 Å². The molecule has 2 amide bonds. The van der Waals surface area contributed by atoms with E-state index in [1.54, 1.807) is 18.2 Å². The summed E-state index contributed by atoms with van der Waals surface area (Å²) in [5.41, 5.74) is 1.27. The van der Waals surface area contributed by atoms with Crippen LogP contribution in [0.15, 0.2) is 42.5 Å². The van der Waals surface area contributed by atoms with Gasteiger partial charge < -0.3 is 20.3 Å².